The Hall–Kier alpha value is -3.92. The lowest BCUT2D eigenvalue weighted by molar-refractivity contribution is -0.0964. The van der Waals surface area contributed by atoms with Crippen molar-refractivity contribution >= 4 is 35.0 Å². The van der Waals surface area contributed by atoms with Gasteiger partial charge in [-0.05, 0) is 42.5 Å². The van der Waals surface area contributed by atoms with Gasteiger partial charge in [0.05, 0.1) is 11.3 Å². The van der Waals surface area contributed by atoms with E-state index in [0.717, 1.165) is 6.21 Å². The average Bonchev–Trinajstić information content (AvgIpc) is 2.78. The Balaban J connectivity index is 1.94. The quantitative estimate of drug-likeness (QED) is 0.244. The second-order valence-electron chi connectivity index (χ2n) is 6.52. The number of halogens is 4. The van der Waals surface area contributed by atoms with Gasteiger partial charge in [0.15, 0.2) is 0 Å². The van der Waals surface area contributed by atoms with E-state index in [9.17, 15) is 18.0 Å². The van der Waals surface area contributed by atoms with Crippen molar-refractivity contribution in [2.75, 3.05) is 12.4 Å². The normalized spacial score (nSPS) is 11.6. The maximum absolute atomic E-state index is 14.4. The van der Waals surface area contributed by atoms with Crippen LogP contribution in [0.3, 0.4) is 0 Å². The van der Waals surface area contributed by atoms with Crippen LogP contribution in [0, 0.1) is 11.4 Å². The van der Waals surface area contributed by atoms with Gasteiger partial charge in [-0.3, -0.25) is 9.78 Å². The molecule has 2 aromatic heterocycles. The highest BCUT2D eigenvalue weighted by molar-refractivity contribution is 6.20. The van der Waals surface area contributed by atoms with E-state index in [-0.39, 0.29) is 28.1 Å². The third-order valence-corrected chi connectivity index (χ3v) is 4.35. The number of aromatic nitrogens is 2. The molecule has 0 aliphatic rings. The van der Waals surface area contributed by atoms with Gasteiger partial charge >= 0.3 is 5.57 Å². The van der Waals surface area contributed by atoms with Gasteiger partial charge in [-0.25, -0.2) is 4.98 Å². The summed E-state index contributed by atoms with van der Waals surface area (Å²) in [5.74, 6) is -1.53. The highest BCUT2D eigenvalue weighted by atomic mass is 35.5. The molecule has 170 valence electrons. The number of carbonyl (C=O) groups excluding carboxylic acids is 1. The minimum absolute atomic E-state index is 0.0957. The number of allylic oxidation sites excluding steroid dienone is 1. The van der Waals surface area contributed by atoms with Crippen molar-refractivity contribution in [1.82, 2.24) is 15.3 Å². The molecule has 0 aliphatic carbocycles. The van der Waals surface area contributed by atoms with Crippen LogP contribution in [0.25, 0.3) is 16.7 Å². The Morgan fingerprint density at radius 2 is 1.91 bits per heavy atom. The van der Waals surface area contributed by atoms with Gasteiger partial charge in [-0.1, -0.05) is 0 Å². The van der Waals surface area contributed by atoms with Gasteiger partial charge in [0, 0.05) is 65.8 Å². The monoisotopic (exact) mass is 475 g/mol. The molecule has 7 nitrogen and oxygen atoms in total. The summed E-state index contributed by atoms with van der Waals surface area (Å²) in [6.45, 7) is 0. The van der Waals surface area contributed by atoms with Gasteiger partial charge in [-0.15, -0.1) is 8.78 Å². The van der Waals surface area contributed by atoms with Crippen molar-refractivity contribution in [3.63, 3.8) is 0 Å². The zero-order chi connectivity index (χ0) is 24.0. The van der Waals surface area contributed by atoms with Gasteiger partial charge in [-0.2, -0.15) is 4.39 Å². The van der Waals surface area contributed by atoms with Crippen molar-refractivity contribution in [2.45, 2.75) is 5.57 Å². The predicted octanol–water partition coefficient (Wildman–Crippen LogP) is 4.91. The SMILES string of the molecule is CN/C=C(\C=N)c1ncc(C(=O)Nc2ccc(OC(F)(F)Cl)cc2)cc1-c1cccnc1F. The van der Waals surface area contributed by atoms with Gasteiger partial charge in [0.1, 0.15) is 5.75 Å². The molecule has 11 heteroatoms. The van der Waals surface area contributed by atoms with Gasteiger partial charge in [0.2, 0.25) is 5.95 Å². The highest BCUT2D eigenvalue weighted by Crippen LogP contribution is 2.30. The number of ether oxygens (including phenoxy) is 1. The first-order valence-corrected chi connectivity index (χ1v) is 9.76. The molecule has 0 saturated carbocycles. The summed E-state index contributed by atoms with van der Waals surface area (Å²) >= 11 is 4.73. The summed E-state index contributed by atoms with van der Waals surface area (Å²) in [5, 5.41) is 13.0. The lowest BCUT2D eigenvalue weighted by atomic mass is 9.99. The van der Waals surface area contributed by atoms with Gasteiger partial charge in [0.25, 0.3) is 5.91 Å². The standard InChI is InChI=1S/C22H17ClF3N5O2/c1-28-11-14(10-27)19-18(17-3-2-8-29-20(17)24)9-13(12-30-19)21(32)31-15-4-6-16(7-5-15)33-22(23,25)26/h2-12,27-28H,1H3,(H,31,32)/b14-11+,27-10?. The molecule has 1 aromatic carbocycles. The molecule has 3 aromatic rings. The molecule has 0 aliphatic heterocycles. The Morgan fingerprint density at radius 1 is 1.18 bits per heavy atom. The Bertz CT molecular complexity index is 1200. The van der Waals surface area contributed by atoms with E-state index in [2.05, 4.69) is 25.3 Å². The molecule has 3 N–H and O–H groups in total. The molecule has 2 heterocycles. The minimum Gasteiger partial charge on any atom is -0.420 e. The van der Waals surface area contributed by atoms with Crippen molar-refractivity contribution in [2.24, 2.45) is 0 Å². The van der Waals surface area contributed by atoms with Gasteiger partial charge < -0.3 is 20.8 Å². The molecule has 0 bridgehead atoms. The Labute approximate surface area is 191 Å². The lowest BCUT2D eigenvalue weighted by Gasteiger charge is -2.13. The second-order valence-corrected chi connectivity index (χ2v) is 6.96. The van der Waals surface area contributed by atoms with Crippen molar-refractivity contribution < 1.29 is 22.7 Å². The van der Waals surface area contributed by atoms with E-state index < -0.39 is 17.4 Å². The van der Waals surface area contributed by atoms with Crippen LogP contribution in [-0.4, -0.2) is 34.7 Å². The maximum Gasteiger partial charge on any atom is 0.487 e. The summed E-state index contributed by atoms with van der Waals surface area (Å²) in [4.78, 5) is 20.7. The fraction of sp³-hybridized carbons (Fsp3) is 0.0909. The van der Waals surface area contributed by atoms with Crippen LogP contribution in [0.1, 0.15) is 16.1 Å². The first kappa shape index (κ1) is 23.7. The summed E-state index contributed by atoms with van der Waals surface area (Å²) in [5.41, 5.74) is -2.49. The third kappa shape index (κ3) is 6.07. The first-order chi connectivity index (χ1) is 15.7. The Morgan fingerprint density at radius 3 is 2.52 bits per heavy atom. The van der Waals surface area contributed by atoms with Crippen LogP contribution in [0.15, 0.2) is 61.1 Å². The van der Waals surface area contributed by atoms with E-state index in [4.69, 9.17) is 17.0 Å². The number of pyridine rings is 2. The molecule has 0 atom stereocenters. The molecule has 0 spiro atoms. The van der Waals surface area contributed by atoms with Crippen LogP contribution in [-0.2, 0) is 0 Å². The molecule has 1 amide bonds. The summed E-state index contributed by atoms with van der Waals surface area (Å²) in [7, 11) is 1.64. The fourth-order valence-corrected chi connectivity index (χ4v) is 2.98. The first-order valence-electron chi connectivity index (χ1n) is 9.38. The molecular weight excluding hydrogens is 459 g/mol. The van der Waals surface area contributed by atoms with E-state index in [1.54, 1.807) is 7.05 Å². The lowest BCUT2D eigenvalue weighted by Crippen LogP contribution is -2.16. The number of benzene rings is 1. The van der Waals surface area contributed by atoms with E-state index >= 15 is 0 Å². The smallest absolute Gasteiger partial charge is 0.420 e. The summed E-state index contributed by atoms with van der Waals surface area (Å²) in [6, 6.07) is 9.57. The molecule has 0 saturated heterocycles. The number of rotatable bonds is 8. The summed E-state index contributed by atoms with van der Waals surface area (Å²) < 4.78 is 44.1. The molecule has 33 heavy (non-hydrogen) atoms. The molecule has 0 unspecified atom stereocenters. The van der Waals surface area contributed by atoms with Crippen LogP contribution >= 0.6 is 11.6 Å². The summed E-state index contributed by atoms with van der Waals surface area (Å²) in [6.07, 6.45) is 5.13. The van der Waals surface area contributed by atoms with E-state index in [0.29, 0.717) is 11.3 Å². The van der Waals surface area contributed by atoms with Crippen molar-refractivity contribution in [3.05, 3.63) is 78.3 Å². The fourth-order valence-electron chi connectivity index (χ4n) is 2.89. The van der Waals surface area contributed by atoms with Crippen molar-refractivity contribution in [3.8, 4) is 16.9 Å². The average molecular weight is 476 g/mol. The number of amides is 1. The number of hydrogen-bond donors (Lipinski definition) is 3. The van der Waals surface area contributed by atoms with Crippen LogP contribution in [0.5, 0.6) is 5.75 Å². The minimum atomic E-state index is -3.85. The van der Waals surface area contributed by atoms with Crippen molar-refractivity contribution in [1.29, 1.82) is 5.41 Å². The molecule has 3 rings (SSSR count). The second kappa shape index (κ2) is 10.1. The zero-order valence-electron chi connectivity index (χ0n) is 17.1. The topological polar surface area (TPSA) is 100.0 Å². The van der Waals surface area contributed by atoms with Crippen LogP contribution in [0.2, 0.25) is 0 Å². The molecule has 0 radical (unpaired) electrons. The molecular formula is C22H17ClF3N5O2. The zero-order valence-corrected chi connectivity index (χ0v) is 17.8. The number of alkyl halides is 3. The number of nitrogens with one attached hydrogen (secondary N) is 3. The third-order valence-electron chi connectivity index (χ3n) is 4.27. The number of anilines is 1. The number of carbonyl (C=O) groups is 1. The number of nitrogens with zero attached hydrogens (tertiary/aromatic N) is 2. The van der Waals surface area contributed by atoms with Crippen LogP contribution < -0.4 is 15.4 Å². The predicted molar refractivity (Wildman–Crippen MR) is 119 cm³/mol. The largest absolute Gasteiger partial charge is 0.487 e. The molecule has 0 fully saturated rings. The van der Waals surface area contributed by atoms with Crippen LogP contribution in [0.4, 0.5) is 18.9 Å². The highest BCUT2D eigenvalue weighted by Gasteiger charge is 2.27. The van der Waals surface area contributed by atoms with E-state index in [1.165, 1.54) is 61.1 Å². The maximum atomic E-state index is 14.4. The Kier molecular flexibility index (Phi) is 7.29. The number of hydrogen-bond acceptors (Lipinski definition) is 6. The van der Waals surface area contributed by atoms with E-state index in [1.807, 2.05) is 0 Å².